The van der Waals surface area contributed by atoms with Gasteiger partial charge in [-0.1, -0.05) is 37.3 Å². The lowest BCUT2D eigenvalue weighted by Gasteiger charge is -2.36. The third kappa shape index (κ3) is 7.07. The zero-order valence-corrected chi connectivity index (χ0v) is 32.0. The predicted molar refractivity (Wildman–Crippen MR) is 210 cm³/mol. The molecule has 296 valence electrons. The molecule has 3 saturated heterocycles. The highest BCUT2D eigenvalue weighted by atomic mass is 32.2. The Morgan fingerprint density at radius 1 is 0.947 bits per heavy atom. The number of halogens is 1. The number of imidazole rings is 1. The second kappa shape index (κ2) is 14.7. The van der Waals surface area contributed by atoms with Gasteiger partial charge in [0.15, 0.2) is 5.82 Å². The number of benzene rings is 4. The molecule has 4 heterocycles. The largest absolute Gasteiger partial charge is 0.487 e. The molecule has 0 bridgehead atoms. The Kier molecular flexibility index (Phi) is 9.71. The second-order valence-corrected chi connectivity index (χ2v) is 16.3. The molecular weight excluding hydrogens is 758 g/mol. The molecule has 4 aromatic carbocycles. The van der Waals surface area contributed by atoms with Crippen molar-refractivity contribution in [3.63, 3.8) is 0 Å². The summed E-state index contributed by atoms with van der Waals surface area (Å²) in [5.41, 5.74) is 2.67. The van der Waals surface area contributed by atoms with Gasteiger partial charge in [-0.15, -0.1) is 0 Å². The molecule has 15 nitrogen and oxygen atoms in total. The van der Waals surface area contributed by atoms with Crippen molar-refractivity contribution in [1.82, 2.24) is 19.2 Å². The van der Waals surface area contributed by atoms with E-state index in [2.05, 4.69) is 15.5 Å². The SMILES string of the molecule is CC(C(=O)Nc1ccc2c(F)c(N3CC(=O)NS3(=O)=O)c(OCc3ccccc3)cc2c1)C1CCN(c2ccc3c(c2)n(C)c(=O)n3C2CCC(=O)NC2=O)CC1. The van der Waals surface area contributed by atoms with Gasteiger partial charge in [-0.05, 0) is 78.6 Å². The molecule has 2 unspecified atom stereocenters. The molecule has 0 aliphatic carbocycles. The summed E-state index contributed by atoms with van der Waals surface area (Å²) >= 11 is 0. The smallest absolute Gasteiger partial charge is 0.329 e. The molecule has 0 radical (unpaired) electrons. The first-order valence-electron chi connectivity index (χ1n) is 18.7. The first kappa shape index (κ1) is 37.7. The number of aryl methyl sites for hydroxylation is 1. The van der Waals surface area contributed by atoms with Crippen LogP contribution in [0.2, 0.25) is 0 Å². The van der Waals surface area contributed by atoms with Gasteiger partial charge < -0.3 is 15.0 Å². The molecule has 0 spiro atoms. The number of imide groups is 1. The monoisotopic (exact) mass is 797 g/mol. The number of hydrogen-bond donors (Lipinski definition) is 3. The highest BCUT2D eigenvalue weighted by molar-refractivity contribution is 7.92. The fraction of sp³-hybridized carbons (Fsp3) is 0.325. The first-order chi connectivity index (χ1) is 27.3. The Morgan fingerprint density at radius 2 is 1.70 bits per heavy atom. The maximum Gasteiger partial charge on any atom is 0.329 e. The molecular formula is C40H40FN7O8S. The van der Waals surface area contributed by atoms with Gasteiger partial charge >= 0.3 is 15.9 Å². The standard InChI is InChI=1S/C40H40FN7O8S/c1-23(25-14-16-46(17-15-25)28-9-11-30-32(20-28)45(2)40(53)48(30)31-12-13-34(49)43-39(31)52)38(51)42-27-8-10-29-26(18-27)19-33(56-22-24-6-4-3-5-7-24)37(36(29)41)47-21-35(50)44-57(47,54)55/h3-11,18-20,23,25,31H,12-17,21-22H2,1-2H3,(H,42,51)(H,44,50)(H,43,49,52). The summed E-state index contributed by atoms with van der Waals surface area (Å²) in [6.45, 7) is 2.63. The maximum absolute atomic E-state index is 16.3. The van der Waals surface area contributed by atoms with Crippen LogP contribution >= 0.6 is 0 Å². The van der Waals surface area contributed by atoms with Crippen LogP contribution in [0.4, 0.5) is 21.5 Å². The molecule has 3 aliphatic rings. The van der Waals surface area contributed by atoms with Gasteiger partial charge in [0.25, 0.3) is 5.91 Å². The van der Waals surface area contributed by atoms with E-state index in [0.29, 0.717) is 39.5 Å². The Hall–Kier alpha value is -6.23. The van der Waals surface area contributed by atoms with Gasteiger partial charge in [-0.3, -0.25) is 33.6 Å². The maximum atomic E-state index is 16.3. The van der Waals surface area contributed by atoms with Crippen molar-refractivity contribution in [1.29, 1.82) is 0 Å². The number of fused-ring (bicyclic) bond motifs is 2. The normalized spacial score (nSPS) is 19.1. The fourth-order valence-electron chi connectivity index (χ4n) is 8.03. The zero-order chi connectivity index (χ0) is 40.2. The third-order valence-corrected chi connectivity index (χ3v) is 12.6. The number of rotatable bonds is 9. The minimum absolute atomic E-state index is 0.00711. The lowest BCUT2D eigenvalue weighted by Crippen LogP contribution is -2.44. The number of piperidine rings is 2. The van der Waals surface area contributed by atoms with E-state index >= 15 is 4.39 Å². The number of aromatic nitrogens is 2. The van der Waals surface area contributed by atoms with E-state index in [1.807, 2.05) is 60.2 Å². The van der Waals surface area contributed by atoms with Crippen molar-refractivity contribution in [3.05, 3.63) is 94.7 Å². The van der Waals surface area contributed by atoms with Crippen molar-refractivity contribution >= 4 is 72.7 Å². The topological polar surface area (TPSA) is 181 Å². The van der Waals surface area contributed by atoms with Crippen molar-refractivity contribution in [2.24, 2.45) is 18.9 Å². The summed E-state index contributed by atoms with van der Waals surface area (Å²) in [5.74, 6) is -3.09. The van der Waals surface area contributed by atoms with E-state index in [0.717, 1.165) is 24.1 Å². The highest BCUT2D eigenvalue weighted by Crippen LogP contribution is 2.41. The van der Waals surface area contributed by atoms with Crippen LogP contribution in [0, 0.1) is 17.7 Å². The van der Waals surface area contributed by atoms with E-state index in [4.69, 9.17) is 4.74 Å². The van der Waals surface area contributed by atoms with Crippen molar-refractivity contribution < 1.29 is 36.7 Å². The summed E-state index contributed by atoms with van der Waals surface area (Å²) < 4.78 is 53.3. The average Bonchev–Trinajstić information content (AvgIpc) is 3.61. The molecule has 0 saturated carbocycles. The van der Waals surface area contributed by atoms with Gasteiger partial charge in [0.1, 0.15) is 30.6 Å². The fourth-order valence-corrected chi connectivity index (χ4v) is 9.19. The Bertz CT molecular complexity index is 2640. The molecule has 3 aliphatic heterocycles. The number of anilines is 3. The van der Waals surface area contributed by atoms with E-state index in [-0.39, 0.29) is 65.6 Å². The van der Waals surface area contributed by atoms with Crippen LogP contribution in [0.5, 0.6) is 5.75 Å². The molecule has 3 N–H and O–H groups in total. The van der Waals surface area contributed by atoms with Crippen LogP contribution in [-0.4, -0.2) is 60.8 Å². The highest BCUT2D eigenvalue weighted by Gasteiger charge is 2.39. The predicted octanol–water partition coefficient (Wildman–Crippen LogP) is 3.86. The van der Waals surface area contributed by atoms with E-state index < -0.39 is 40.4 Å². The minimum Gasteiger partial charge on any atom is -0.487 e. The molecule has 4 amide bonds. The summed E-state index contributed by atoms with van der Waals surface area (Å²) in [6, 6.07) is 20.1. The number of carbonyl (C=O) groups excluding carboxylic acids is 4. The van der Waals surface area contributed by atoms with Crippen molar-refractivity contribution in [2.75, 3.05) is 34.2 Å². The quantitative estimate of drug-likeness (QED) is 0.187. The van der Waals surface area contributed by atoms with Crippen molar-refractivity contribution in [2.45, 2.75) is 45.3 Å². The Morgan fingerprint density at radius 3 is 2.40 bits per heavy atom. The van der Waals surface area contributed by atoms with Gasteiger partial charge in [-0.2, -0.15) is 8.42 Å². The van der Waals surface area contributed by atoms with E-state index in [9.17, 15) is 32.4 Å². The summed E-state index contributed by atoms with van der Waals surface area (Å²) in [5, 5.41) is 5.73. The van der Waals surface area contributed by atoms with E-state index in [1.54, 1.807) is 19.2 Å². The Labute approximate surface area is 326 Å². The number of ether oxygens (including phenoxy) is 1. The van der Waals surface area contributed by atoms with Crippen LogP contribution < -0.4 is 35.0 Å². The number of nitrogens with zero attached hydrogens (tertiary/aromatic N) is 4. The zero-order valence-electron chi connectivity index (χ0n) is 31.2. The lowest BCUT2D eigenvalue weighted by molar-refractivity contribution is -0.135. The second-order valence-electron chi connectivity index (χ2n) is 14.7. The van der Waals surface area contributed by atoms with Gasteiger partial charge in [-0.25, -0.2) is 18.2 Å². The minimum atomic E-state index is -4.35. The summed E-state index contributed by atoms with van der Waals surface area (Å²) in [6.07, 6.45) is 1.88. The summed E-state index contributed by atoms with van der Waals surface area (Å²) in [7, 11) is -2.69. The summed E-state index contributed by atoms with van der Waals surface area (Å²) in [4.78, 5) is 65.4. The molecule has 8 rings (SSSR count). The third-order valence-electron chi connectivity index (χ3n) is 11.2. The average molecular weight is 798 g/mol. The molecule has 1 aromatic heterocycles. The number of nitrogens with one attached hydrogen (secondary N) is 3. The number of hydrogen-bond acceptors (Lipinski definition) is 9. The van der Waals surface area contributed by atoms with Crippen LogP contribution in [0.3, 0.4) is 0 Å². The molecule has 17 heteroatoms. The van der Waals surface area contributed by atoms with Gasteiger partial charge in [0, 0.05) is 49.2 Å². The molecule has 2 atom stereocenters. The first-order valence-corrected chi connectivity index (χ1v) is 20.1. The number of carbonyl (C=O) groups is 4. The lowest BCUT2D eigenvalue weighted by atomic mass is 9.84. The van der Waals surface area contributed by atoms with Gasteiger partial charge in [0.2, 0.25) is 17.7 Å². The van der Waals surface area contributed by atoms with Gasteiger partial charge in [0.05, 0.1) is 11.0 Å². The van der Waals surface area contributed by atoms with Crippen LogP contribution in [0.1, 0.15) is 44.2 Å². The molecule has 57 heavy (non-hydrogen) atoms. The number of amides is 4. The Balaban J connectivity index is 0.965. The van der Waals surface area contributed by atoms with Crippen LogP contribution in [-0.2, 0) is 43.0 Å². The van der Waals surface area contributed by atoms with Crippen LogP contribution in [0.25, 0.3) is 21.8 Å². The molecule has 3 fully saturated rings. The van der Waals surface area contributed by atoms with Crippen LogP contribution in [0.15, 0.2) is 77.6 Å². The molecule has 5 aromatic rings. The van der Waals surface area contributed by atoms with E-state index in [1.165, 1.54) is 21.3 Å². The van der Waals surface area contributed by atoms with Crippen molar-refractivity contribution in [3.8, 4) is 5.75 Å².